The highest BCUT2D eigenvalue weighted by atomic mass is 32.2. The van der Waals surface area contributed by atoms with Crippen LogP contribution in [0.25, 0.3) is 22.9 Å². The van der Waals surface area contributed by atoms with Crippen LogP contribution in [0.2, 0.25) is 0 Å². The largest absolute Gasteiger partial charge is 0.459 e. The number of thioether (sulfide) groups is 1. The Kier molecular flexibility index (Phi) is 4.99. The molecule has 7 nitrogen and oxygen atoms in total. The van der Waals surface area contributed by atoms with Crippen molar-refractivity contribution in [3.05, 3.63) is 53.9 Å². The van der Waals surface area contributed by atoms with Crippen molar-refractivity contribution in [1.82, 2.24) is 15.2 Å². The van der Waals surface area contributed by atoms with Gasteiger partial charge in [0.2, 0.25) is 5.91 Å². The Hall–Kier alpha value is -2.98. The molecule has 0 aliphatic rings. The summed E-state index contributed by atoms with van der Waals surface area (Å²) < 4.78 is 23.6. The Balaban J connectivity index is 1.33. The van der Waals surface area contributed by atoms with Gasteiger partial charge in [0.1, 0.15) is 5.82 Å². The number of carbonyl (C=O) groups is 1. The molecule has 0 fully saturated rings. The molecule has 0 spiro atoms. The molecule has 0 atom stereocenters. The molecule has 0 unspecified atom stereocenters. The van der Waals surface area contributed by atoms with E-state index in [1.165, 1.54) is 29.7 Å². The van der Waals surface area contributed by atoms with Crippen molar-refractivity contribution in [3.8, 4) is 22.9 Å². The normalized spacial score (nSPS) is 10.9. The van der Waals surface area contributed by atoms with Gasteiger partial charge in [-0.3, -0.25) is 4.79 Å². The zero-order valence-corrected chi connectivity index (χ0v) is 15.2. The minimum absolute atomic E-state index is 0.0885. The van der Waals surface area contributed by atoms with E-state index in [0.717, 1.165) is 17.3 Å². The number of aromatic nitrogens is 3. The summed E-state index contributed by atoms with van der Waals surface area (Å²) >= 11 is 2.40. The molecule has 0 radical (unpaired) electrons. The molecule has 136 valence electrons. The average molecular weight is 402 g/mol. The van der Waals surface area contributed by atoms with Crippen LogP contribution in [0.15, 0.2) is 62.1 Å². The molecule has 0 bridgehead atoms. The first kappa shape index (κ1) is 17.4. The van der Waals surface area contributed by atoms with Gasteiger partial charge in [-0.1, -0.05) is 11.8 Å². The molecule has 1 aromatic carbocycles. The number of nitrogens with one attached hydrogen (secondary N) is 1. The Bertz CT molecular complexity index is 1040. The second kappa shape index (κ2) is 7.72. The summed E-state index contributed by atoms with van der Waals surface area (Å²) in [5.41, 5.74) is 1.45. The minimum atomic E-state index is -0.309. The standard InChI is InChI=1S/C17H11FN4O3S2/c18-11-5-3-10(4-6-11)12-8-26-16(19-12)20-14(23)9-27-17-22-21-15(25-17)13-2-1-7-24-13/h1-8H,9H2,(H,19,20,23). The van der Waals surface area contributed by atoms with Gasteiger partial charge in [0.05, 0.1) is 17.7 Å². The van der Waals surface area contributed by atoms with Crippen LogP contribution in [-0.2, 0) is 4.79 Å². The summed E-state index contributed by atoms with van der Waals surface area (Å²) in [7, 11) is 0. The number of furan rings is 1. The van der Waals surface area contributed by atoms with Crippen molar-refractivity contribution in [2.45, 2.75) is 5.22 Å². The second-order valence-electron chi connectivity index (χ2n) is 5.23. The molecule has 0 saturated carbocycles. The lowest BCUT2D eigenvalue weighted by Crippen LogP contribution is -2.13. The molecule has 3 heterocycles. The number of rotatable bonds is 6. The van der Waals surface area contributed by atoms with Gasteiger partial charge < -0.3 is 14.2 Å². The molecule has 4 rings (SSSR count). The van der Waals surface area contributed by atoms with Gasteiger partial charge in [-0.05, 0) is 36.4 Å². The minimum Gasteiger partial charge on any atom is -0.459 e. The molecule has 0 saturated heterocycles. The van der Waals surface area contributed by atoms with Crippen LogP contribution in [0.1, 0.15) is 0 Å². The fourth-order valence-corrected chi connectivity index (χ4v) is 3.43. The summed E-state index contributed by atoms with van der Waals surface area (Å²) in [6.45, 7) is 0. The third-order valence-corrected chi connectivity index (χ3v) is 4.93. The first-order chi connectivity index (χ1) is 13.2. The zero-order valence-electron chi connectivity index (χ0n) is 13.6. The van der Waals surface area contributed by atoms with E-state index in [0.29, 0.717) is 16.6 Å². The molecule has 0 aliphatic carbocycles. The van der Waals surface area contributed by atoms with Gasteiger partial charge in [0, 0.05) is 10.9 Å². The Morgan fingerprint density at radius 2 is 2.07 bits per heavy atom. The van der Waals surface area contributed by atoms with Crippen molar-refractivity contribution in [2.24, 2.45) is 0 Å². The highest BCUT2D eigenvalue weighted by Gasteiger charge is 2.14. The monoisotopic (exact) mass is 402 g/mol. The predicted molar refractivity (Wildman–Crippen MR) is 98.9 cm³/mol. The molecule has 0 aliphatic heterocycles. The topological polar surface area (TPSA) is 94.0 Å². The van der Waals surface area contributed by atoms with E-state index < -0.39 is 0 Å². The number of nitrogens with zero attached hydrogens (tertiary/aromatic N) is 3. The number of thiazole rings is 1. The molecule has 4 aromatic rings. The molecule has 3 aromatic heterocycles. The van der Waals surface area contributed by atoms with Crippen LogP contribution < -0.4 is 5.32 Å². The van der Waals surface area contributed by atoms with E-state index in [1.807, 2.05) is 0 Å². The first-order valence-electron chi connectivity index (χ1n) is 7.69. The van der Waals surface area contributed by atoms with Crippen molar-refractivity contribution in [3.63, 3.8) is 0 Å². The molecule has 1 amide bonds. The third-order valence-electron chi connectivity index (χ3n) is 3.36. The second-order valence-corrected chi connectivity index (χ2v) is 7.02. The number of amides is 1. The smallest absolute Gasteiger partial charge is 0.284 e. The maximum atomic E-state index is 13.0. The van der Waals surface area contributed by atoms with E-state index in [-0.39, 0.29) is 28.6 Å². The fourth-order valence-electron chi connectivity index (χ4n) is 2.13. The van der Waals surface area contributed by atoms with E-state index >= 15 is 0 Å². The number of carbonyl (C=O) groups excluding carboxylic acids is 1. The first-order valence-corrected chi connectivity index (χ1v) is 9.55. The highest BCUT2D eigenvalue weighted by molar-refractivity contribution is 7.99. The summed E-state index contributed by atoms with van der Waals surface area (Å²) in [5, 5.41) is 13.0. The van der Waals surface area contributed by atoms with Crippen LogP contribution in [0.3, 0.4) is 0 Å². The van der Waals surface area contributed by atoms with Gasteiger partial charge in [-0.2, -0.15) is 0 Å². The lowest BCUT2D eigenvalue weighted by Gasteiger charge is -1.99. The van der Waals surface area contributed by atoms with E-state index in [2.05, 4.69) is 20.5 Å². The highest BCUT2D eigenvalue weighted by Crippen LogP contribution is 2.26. The number of hydrogen-bond donors (Lipinski definition) is 1. The Morgan fingerprint density at radius 1 is 1.22 bits per heavy atom. The molecule has 27 heavy (non-hydrogen) atoms. The van der Waals surface area contributed by atoms with Crippen LogP contribution in [0, 0.1) is 5.82 Å². The van der Waals surface area contributed by atoms with E-state index in [4.69, 9.17) is 8.83 Å². The van der Waals surface area contributed by atoms with Gasteiger partial charge in [0.15, 0.2) is 10.9 Å². The van der Waals surface area contributed by atoms with E-state index in [1.54, 1.807) is 29.6 Å². The summed E-state index contributed by atoms with van der Waals surface area (Å²) in [6.07, 6.45) is 1.51. The van der Waals surface area contributed by atoms with Crippen molar-refractivity contribution >= 4 is 34.1 Å². The van der Waals surface area contributed by atoms with Crippen LogP contribution in [0.4, 0.5) is 9.52 Å². The van der Waals surface area contributed by atoms with Crippen molar-refractivity contribution in [1.29, 1.82) is 0 Å². The number of halogens is 1. The lowest BCUT2D eigenvalue weighted by molar-refractivity contribution is -0.113. The van der Waals surface area contributed by atoms with Crippen LogP contribution in [0.5, 0.6) is 0 Å². The third kappa shape index (κ3) is 4.23. The quantitative estimate of drug-likeness (QED) is 0.480. The van der Waals surface area contributed by atoms with Crippen molar-refractivity contribution in [2.75, 3.05) is 11.1 Å². The average Bonchev–Trinajstić information content (AvgIpc) is 3.42. The molecule has 10 heteroatoms. The van der Waals surface area contributed by atoms with E-state index in [9.17, 15) is 9.18 Å². The van der Waals surface area contributed by atoms with Crippen LogP contribution in [-0.4, -0.2) is 26.8 Å². The summed E-state index contributed by atoms with van der Waals surface area (Å²) in [5.74, 6) is 0.251. The number of anilines is 1. The lowest BCUT2D eigenvalue weighted by atomic mass is 10.2. The summed E-state index contributed by atoms with van der Waals surface area (Å²) in [4.78, 5) is 16.4. The maximum Gasteiger partial charge on any atom is 0.284 e. The number of hydrogen-bond acceptors (Lipinski definition) is 8. The SMILES string of the molecule is O=C(CSc1nnc(-c2ccco2)o1)Nc1nc(-c2ccc(F)cc2)cs1. The van der Waals surface area contributed by atoms with Gasteiger partial charge in [-0.25, -0.2) is 9.37 Å². The zero-order chi connectivity index (χ0) is 18.6. The maximum absolute atomic E-state index is 13.0. The van der Waals surface area contributed by atoms with Gasteiger partial charge >= 0.3 is 0 Å². The molecular weight excluding hydrogens is 391 g/mol. The Morgan fingerprint density at radius 3 is 2.85 bits per heavy atom. The molecule has 1 N–H and O–H groups in total. The van der Waals surface area contributed by atoms with Crippen molar-refractivity contribution < 1.29 is 18.0 Å². The van der Waals surface area contributed by atoms with Crippen LogP contribution >= 0.6 is 23.1 Å². The predicted octanol–water partition coefficient (Wildman–Crippen LogP) is 4.32. The fraction of sp³-hybridized carbons (Fsp3) is 0.0588. The number of benzene rings is 1. The van der Waals surface area contributed by atoms with Gasteiger partial charge in [-0.15, -0.1) is 21.5 Å². The summed E-state index contributed by atoms with van der Waals surface area (Å²) in [6, 6.07) is 9.43. The Labute approximate surface area is 160 Å². The van der Waals surface area contributed by atoms with Gasteiger partial charge in [0.25, 0.3) is 11.1 Å². The molecular formula is C17H11FN4O3S2.